The summed E-state index contributed by atoms with van der Waals surface area (Å²) < 4.78 is 2.59. The molecule has 0 N–H and O–H groups in total. The lowest BCUT2D eigenvalue weighted by atomic mass is 9.94. The second-order valence-corrected chi connectivity index (χ2v) is 14.8. The largest absolute Gasteiger partial charge is 0.310 e. The Bertz CT molecular complexity index is 2920. The van der Waals surface area contributed by atoms with Gasteiger partial charge in [0.15, 0.2) is 0 Å². The molecule has 1 heterocycles. The van der Waals surface area contributed by atoms with Gasteiger partial charge in [0.2, 0.25) is 0 Å². The van der Waals surface area contributed by atoms with Gasteiger partial charge in [-0.25, -0.2) is 0 Å². The highest BCUT2D eigenvalue weighted by molar-refractivity contribution is 7.26. The van der Waals surface area contributed by atoms with Gasteiger partial charge in [-0.05, 0) is 110 Å². The Morgan fingerprint density at radius 1 is 0.315 bits per heavy atom. The van der Waals surface area contributed by atoms with Crippen LogP contribution < -0.4 is 4.90 Å². The summed E-state index contributed by atoms with van der Waals surface area (Å²) >= 11 is 1.86. The van der Waals surface area contributed by atoms with E-state index in [1.54, 1.807) is 0 Å². The number of rotatable bonds is 7. The molecule has 0 bridgehead atoms. The van der Waals surface area contributed by atoms with E-state index in [0.717, 1.165) is 11.4 Å². The molecular weight excluding hydrogens is 671 g/mol. The van der Waals surface area contributed by atoms with Crippen LogP contribution in [-0.4, -0.2) is 0 Å². The number of hydrogen-bond acceptors (Lipinski definition) is 2. The standard InChI is InChI=1S/C52H35NS/c1-2-13-38(14-3-1)46-18-6-7-19-47(46)39-28-32-45(33-29-39)53(49-21-11-23-51-52(49)48-20-8-9-22-50(48)54-51)44-30-26-37(27-31-44)41-16-10-17-42(34-41)43-25-24-36-12-4-5-15-40(36)35-43/h1-35H. The first kappa shape index (κ1) is 32.0. The predicted octanol–water partition coefficient (Wildman–Crippen LogP) is 15.3. The van der Waals surface area contributed by atoms with E-state index in [1.165, 1.54) is 81.1 Å². The van der Waals surface area contributed by atoms with Crippen molar-refractivity contribution in [2.75, 3.05) is 4.90 Å². The molecule has 0 fully saturated rings. The topological polar surface area (TPSA) is 3.24 Å². The number of anilines is 3. The number of hydrogen-bond donors (Lipinski definition) is 0. The first-order chi connectivity index (χ1) is 26.8. The minimum absolute atomic E-state index is 1.12. The average Bonchev–Trinajstić information content (AvgIpc) is 3.64. The van der Waals surface area contributed by atoms with Crippen molar-refractivity contribution in [3.8, 4) is 44.5 Å². The molecular formula is C52H35NS. The van der Waals surface area contributed by atoms with Crippen molar-refractivity contribution in [1.29, 1.82) is 0 Å². The third-order valence-electron chi connectivity index (χ3n) is 10.5. The van der Waals surface area contributed by atoms with Gasteiger partial charge < -0.3 is 4.90 Å². The van der Waals surface area contributed by atoms with Crippen LogP contribution in [0.3, 0.4) is 0 Å². The first-order valence-corrected chi connectivity index (χ1v) is 19.2. The van der Waals surface area contributed by atoms with Crippen LogP contribution in [0.2, 0.25) is 0 Å². The van der Waals surface area contributed by atoms with Gasteiger partial charge in [-0.3, -0.25) is 0 Å². The number of benzene rings is 9. The van der Waals surface area contributed by atoms with E-state index >= 15 is 0 Å². The number of fused-ring (bicyclic) bond motifs is 4. The fraction of sp³-hybridized carbons (Fsp3) is 0. The van der Waals surface area contributed by atoms with Gasteiger partial charge in [0, 0.05) is 31.5 Å². The molecule has 9 aromatic carbocycles. The Balaban J connectivity index is 1.06. The molecule has 0 saturated heterocycles. The molecule has 0 saturated carbocycles. The van der Waals surface area contributed by atoms with E-state index in [9.17, 15) is 0 Å². The van der Waals surface area contributed by atoms with E-state index in [0.29, 0.717) is 0 Å². The summed E-state index contributed by atoms with van der Waals surface area (Å²) in [6.07, 6.45) is 0. The first-order valence-electron chi connectivity index (χ1n) is 18.4. The van der Waals surface area contributed by atoms with Gasteiger partial charge in [0.05, 0.1) is 5.69 Å². The summed E-state index contributed by atoms with van der Waals surface area (Å²) in [6, 6.07) is 77.1. The van der Waals surface area contributed by atoms with Gasteiger partial charge in [0.1, 0.15) is 0 Å². The molecule has 0 amide bonds. The Morgan fingerprint density at radius 2 is 0.833 bits per heavy atom. The molecule has 1 nitrogen and oxygen atoms in total. The molecule has 0 radical (unpaired) electrons. The van der Waals surface area contributed by atoms with Crippen LogP contribution in [0.1, 0.15) is 0 Å². The summed E-state index contributed by atoms with van der Waals surface area (Å²) in [5.74, 6) is 0. The molecule has 0 unspecified atom stereocenters. The molecule has 0 spiro atoms. The second-order valence-electron chi connectivity index (χ2n) is 13.7. The summed E-state index contributed by atoms with van der Waals surface area (Å²) in [6.45, 7) is 0. The maximum atomic E-state index is 2.42. The Hall–Kier alpha value is -6.74. The molecule has 2 heteroatoms. The Labute approximate surface area is 319 Å². The monoisotopic (exact) mass is 705 g/mol. The zero-order chi connectivity index (χ0) is 35.8. The van der Waals surface area contributed by atoms with Crippen molar-refractivity contribution in [3.05, 3.63) is 212 Å². The minimum atomic E-state index is 1.12. The van der Waals surface area contributed by atoms with Gasteiger partial charge in [0.25, 0.3) is 0 Å². The highest BCUT2D eigenvalue weighted by atomic mass is 32.1. The zero-order valence-corrected chi connectivity index (χ0v) is 30.4. The maximum Gasteiger partial charge on any atom is 0.0554 e. The number of thiophene rings is 1. The molecule has 0 aliphatic carbocycles. The van der Waals surface area contributed by atoms with Crippen molar-refractivity contribution < 1.29 is 0 Å². The van der Waals surface area contributed by atoms with Gasteiger partial charge in [-0.2, -0.15) is 0 Å². The third kappa shape index (κ3) is 5.84. The van der Waals surface area contributed by atoms with Gasteiger partial charge in [-0.15, -0.1) is 11.3 Å². The van der Waals surface area contributed by atoms with Crippen LogP contribution in [0, 0.1) is 0 Å². The van der Waals surface area contributed by atoms with Crippen LogP contribution in [0.25, 0.3) is 75.5 Å². The van der Waals surface area contributed by atoms with Crippen LogP contribution in [-0.2, 0) is 0 Å². The van der Waals surface area contributed by atoms with Crippen molar-refractivity contribution >= 4 is 59.3 Å². The highest BCUT2D eigenvalue weighted by Crippen LogP contribution is 2.45. The lowest BCUT2D eigenvalue weighted by Crippen LogP contribution is -2.10. The maximum absolute atomic E-state index is 2.42. The van der Waals surface area contributed by atoms with Gasteiger partial charge >= 0.3 is 0 Å². The van der Waals surface area contributed by atoms with Crippen LogP contribution in [0.5, 0.6) is 0 Å². The Morgan fingerprint density at radius 3 is 1.59 bits per heavy atom. The van der Waals surface area contributed by atoms with E-state index in [1.807, 2.05) is 11.3 Å². The van der Waals surface area contributed by atoms with Crippen molar-refractivity contribution in [2.24, 2.45) is 0 Å². The quantitative estimate of drug-likeness (QED) is 0.160. The molecule has 254 valence electrons. The van der Waals surface area contributed by atoms with E-state index in [4.69, 9.17) is 0 Å². The van der Waals surface area contributed by atoms with Crippen molar-refractivity contribution in [1.82, 2.24) is 0 Å². The molecule has 0 aliphatic rings. The van der Waals surface area contributed by atoms with Crippen LogP contribution in [0.4, 0.5) is 17.1 Å². The molecule has 54 heavy (non-hydrogen) atoms. The molecule has 0 atom stereocenters. The van der Waals surface area contributed by atoms with Gasteiger partial charge in [-0.1, -0.05) is 158 Å². The normalized spacial score (nSPS) is 11.3. The SMILES string of the molecule is c1ccc(-c2ccccc2-c2ccc(N(c3ccc(-c4cccc(-c5ccc6ccccc6c5)c4)cc3)c3cccc4sc5ccccc5c34)cc2)cc1. The molecule has 0 aliphatic heterocycles. The van der Waals surface area contributed by atoms with Crippen molar-refractivity contribution in [3.63, 3.8) is 0 Å². The summed E-state index contributed by atoms with van der Waals surface area (Å²) in [5, 5.41) is 5.08. The fourth-order valence-electron chi connectivity index (χ4n) is 7.81. The third-order valence-corrected chi connectivity index (χ3v) is 11.6. The molecule has 1 aromatic heterocycles. The highest BCUT2D eigenvalue weighted by Gasteiger charge is 2.19. The van der Waals surface area contributed by atoms with Crippen LogP contribution in [0.15, 0.2) is 212 Å². The minimum Gasteiger partial charge on any atom is -0.310 e. The number of nitrogens with zero attached hydrogens (tertiary/aromatic N) is 1. The average molecular weight is 706 g/mol. The van der Waals surface area contributed by atoms with Crippen molar-refractivity contribution in [2.45, 2.75) is 0 Å². The fourth-order valence-corrected chi connectivity index (χ4v) is 8.94. The molecule has 10 rings (SSSR count). The van der Waals surface area contributed by atoms with E-state index < -0.39 is 0 Å². The zero-order valence-electron chi connectivity index (χ0n) is 29.6. The molecule has 10 aromatic rings. The Kier molecular flexibility index (Phi) is 8.09. The van der Waals surface area contributed by atoms with Crippen LogP contribution >= 0.6 is 11.3 Å². The summed E-state index contributed by atoms with van der Waals surface area (Å²) in [5.41, 5.74) is 13.1. The smallest absolute Gasteiger partial charge is 0.0554 e. The summed E-state index contributed by atoms with van der Waals surface area (Å²) in [4.78, 5) is 2.42. The summed E-state index contributed by atoms with van der Waals surface area (Å²) in [7, 11) is 0. The van der Waals surface area contributed by atoms with E-state index in [2.05, 4.69) is 217 Å². The lowest BCUT2D eigenvalue weighted by molar-refractivity contribution is 1.30. The lowest BCUT2D eigenvalue weighted by Gasteiger charge is -2.27. The predicted molar refractivity (Wildman–Crippen MR) is 233 cm³/mol. The second kappa shape index (κ2) is 13.7. The van der Waals surface area contributed by atoms with E-state index in [-0.39, 0.29) is 0 Å².